The van der Waals surface area contributed by atoms with Gasteiger partial charge in [-0.3, -0.25) is 14.6 Å². The summed E-state index contributed by atoms with van der Waals surface area (Å²) in [5.74, 6) is -1.17. The number of carbonyl (C=O) groups is 2. The largest absolute Gasteiger partial charge is 0.325 e. The highest BCUT2D eigenvalue weighted by Gasteiger charge is 2.35. The van der Waals surface area contributed by atoms with E-state index in [1.807, 2.05) is 37.3 Å². The Morgan fingerprint density at radius 3 is 2.70 bits per heavy atom. The van der Waals surface area contributed by atoms with Crippen molar-refractivity contribution in [1.82, 2.24) is 4.98 Å². The molecule has 0 radical (unpaired) electrons. The van der Waals surface area contributed by atoms with Crippen LogP contribution in [0.3, 0.4) is 0 Å². The van der Waals surface area contributed by atoms with Gasteiger partial charge in [0.25, 0.3) is 0 Å². The van der Waals surface area contributed by atoms with Gasteiger partial charge in [0.15, 0.2) is 0 Å². The number of benzene rings is 2. The smallest absolute Gasteiger partial charge is 0.229 e. The summed E-state index contributed by atoms with van der Waals surface area (Å²) in [6.07, 6.45) is 0.130. The lowest BCUT2D eigenvalue weighted by atomic mass is 10.1. The molecule has 0 bridgehead atoms. The zero-order chi connectivity index (χ0) is 19.0. The lowest BCUT2D eigenvalue weighted by Crippen LogP contribution is -2.28. The Bertz CT molecular complexity index is 1030. The van der Waals surface area contributed by atoms with E-state index < -0.39 is 5.92 Å². The van der Waals surface area contributed by atoms with E-state index in [0.29, 0.717) is 11.4 Å². The Morgan fingerprint density at radius 1 is 1.15 bits per heavy atom. The summed E-state index contributed by atoms with van der Waals surface area (Å²) >= 11 is 0. The van der Waals surface area contributed by atoms with E-state index in [9.17, 15) is 14.0 Å². The van der Waals surface area contributed by atoms with Crippen molar-refractivity contribution in [2.45, 2.75) is 13.3 Å². The Labute approximate surface area is 155 Å². The monoisotopic (exact) mass is 363 g/mol. The van der Waals surface area contributed by atoms with Gasteiger partial charge in [0.05, 0.1) is 17.1 Å². The van der Waals surface area contributed by atoms with Crippen LogP contribution >= 0.6 is 0 Å². The summed E-state index contributed by atoms with van der Waals surface area (Å²) in [6.45, 7) is 2.19. The first-order valence-electron chi connectivity index (χ1n) is 8.74. The Morgan fingerprint density at radius 2 is 1.93 bits per heavy atom. The van der Waals surface area contributed by atoms with Gasteiger partial charge in [-0.1, -0.05) is 6.07 Å². The van der Waals surface area contributed by atoms with Crippen molar-refractivity contribution in [3.8, 4) is 0 Å². The molecule has 4 rings (SSSR count). The van der Waals surface area contributed by atoms with Gasteiger partial charge in [-0.25, -0.2) is 4.39 Å². The van der Waals surface area contributed by atoms with Crippen LogP contribution in [0.1, 0.15) is 12.1 Å². The normalized spacial score (nSPS) is 16.7. The van der Waals surface area contributed by atoms with E-state index in [4.69, 9.17) is 0 Å². The van der Waals surface area contributed by atoms with Crippen LogP contribution in [-0.2, 0) is 9.59 Å². The van der Waals surface area contributed by atoms with E-state index in [2.05, 4.69) is 10.3 Å². The van der Waals surface area contributed by atoms with Crippen molar-refractivity contribution in [3.63, 3.8) is 0 Å². The number of pyridine rings is 1. The van der Waals surface area contributed by atoms with Crippen LogP contribution in [0, 0.1) is 18.7 Å². The maximum absolute atomic E-state index is 13.1. The third kappa shape index (κ3) is 3.38. The minimum atomic E-state index is -0.462. The molecule has 2 aromatic carbocycles. The predicted molar refractivity (Wildman–Crippen MR) is 102 cm³/mol. The van der Waals surface area contributed by atoms with E-state index in [1.54, 1.807) is 12.1 Å². The predicted octanol–water partition coefficient (Wildman–Crippen LogP) is 3.67. The number of nitrogens with zero attached hydrogens (tertiary/aromatic N) is 2. The molecule has 1 fully saturated rings. The lowest BCUT2D eigenvalue weighted by molar-refractivity contribution is -0.122. The second-order valence-electron chi connectivity index (χ2n) is 6.70. The summed E-state index contributed by atoms with van der Waals surface area (Å²) in [5.41, 5.74) is 2.99. The summed E-state index contributed by atoms with van der Waals surface area (Å²) in [6, 6.07) is 15.1. The molecule has 0 spiro atoms. The summed E-state index contributed by atoms with van der Waals surface area (Å²) < 4.78 is 13.1. The van der Waals surface area contributed by atoms with Crippen LogP contribution in [0.2, 0.25) is 0 Å². The first kappa shape index (κ1) is 17.1. The molecule has 1 atom stereocenters. The second-order valence-corrected chi connectivity index (χ2v) is 6.70. The van der Waals surface area contributed by atoms with Crippen LogP contribution in [0.25, 0.3) is 10.9 Å². The number of halogens is 1. The van der Waals surface area contributed by atoms with Crippen molar-refractivity contribution in [2.75, 3.05) is 16.8 Å². The Balaban J connectivity index is 1.53. The molecule has 1 N–H and O–H groups in total. The highest BCUT2D eigenvalue weighted by Crippen LogP contribution is 2.28. The fourth-order valence-electron chi connectivity index (χ4n) is 3.35. The van der Waals surface area contributed by atoms with Gasteiger partial charge in [-0.05, 0) is 55.5 Å². The van der Waals surface area contributed by atoms with Crippen molar-refractivity contribution in [3.05, 3.63) is 66.1 Å². The molecule has 1 unspecified atom stereocenters. The van der Waals surface area contributed by atoms with Gasteiger partial charge < -0.3 is 10.2 Å². The molecule has 1 saturated heterocycles. The van der Waals surface area contributed by atoms with E-state index in [1.165, 1.54) is 17.0 Å². The van der Waals surface area contributed by atoms with Crippen LogP contribution < -0.4 is 10.2 Å². The minimum absolute atomic E-state index is 0.130. The number of hydrogen-bond acceptors (Lipinski definition) is 3. The molecule has 2 heterocycles. The van der Waals surface area contributed by atoms with E-state index >= 15 is 0 Å². The highest BCUT2D eigenvalue weighted by molar-refractivity contribution is 6.06. The zero-order valence-corrected chi connectivity index (χ0v) is 14.8. The molecule has 1 aromatic heterocycles. The second kappa shape index (κ2) is 6.79. The Hall–Kier alpha value is -3.28. The quantitative estimate of drug-likeness (QED) is 0.772. The average Bonchev–Trinajstić information content (AvgIpc) is 3.04. The van der Waals surface area contributed by atoms with Gasteiger partial charge in [0, 0.05) is 29.7 Å². The molecule has 0 saturated carbocycles. The van der Waals surface area contributed by atoms with Crippen molar-refractivity contribution >= 4 is 34.1 Å². The number of fused-ring (bicyclic) bond motifs is 1. The van der Waals surface area contributed by atoms with E-state index in [-0.39, 0.29) is 30.6 Å². The molecule has 3 aromatic rings. The van der Waals surface area contributed by atoms with Crippen LogP contribution in [0.4, 0.5) is 15.8 Å². The molecular weight excluding hydrogens is 345 g/mol. The minimum Gasteiger partial charge on any atom is -0.325 e. The molecule has 27 heavy (non-hydrogen) atoms. The molecule has 2 amide bonds. The standard InChI is InChI=1S/C21H18FN3O2/c1-13-5-10-17-18(23-13)3-2-4-19(17)24-21(27)14-11-20(26)25(12-14)16-8-6-15(22)7-9-16/h2-10,14H,11-12H2,1H3,(H,24,27). The van der Waals surface area contributed by atoms with Gasteiger partial charge in [0.1, 0.15) is 5.82 Å². The van der Waals surface area contributed by atoms with Gasteiger partial charge >= 0.3 is 0 Å². The van der Waals surface area contributed by atoms with E-state index in [0.717, 1.165) is 16.6 Å². The summed E-state index contributed by atoms with van der Waals surface area (Å²) in [5, 5.41) is 3.79. The first-order valence-corrected chi connectivity index (χ1v) is 8.74. The van der Waals surface area contributed by atoms with Crippen LogP contribution in [-0.4, -0.2) is 23.3 Å². The fourth-order valence-corrected chi connectivity index (χ4v) is 3.35. The molecule has 0 aliphatic carbocycles. The van der Waals surface area contributed by atoms with Crippen molar-refractivity contribution < 1.29 is 14.0 Å². The lowest BCUT2D eigenvalue weighted by Gasteiger charge is -2.17. The number of aryl methyl sites for hydroxylation is 1. The number of carbonyl (C=O) groups excluding carboxylic acids is 2. The number of hydrogen-bond donors (Lipinski definition) is 1. The molecule has 6 heteroatoms. The molecule has 136 valence electrons. The average molecular weight is 363 g/mol. The molecule has 1 aliphatic rings. The fraction of sp³-hybridized carbons (Fsp3) is 0.190. The number of amides is 2. The summed E-state index contributed by atoms with van der Waals surface area (Å²) in [7, 11) is 0. The Kier molecular flexibility index (Phi) is 4.32. The maximum Gasteiger partial charge on any atom is 0.229 e. The van der Waals surface area contributed by atoms with Gasteiger partial charge in [-0.2, -0.15) is 0 Å². The van der Waals surface area contributed by atoms with Crippen LogP contribution in [0.5, 0.6) is 0 Å². The first-order chi connectivity index (χ1) is 13.0. The third-order valence-corrected chi connectivity index (χ3v) is 4.76. The number of nitrogens with one attached hydrogen (secondary N) is 1. The number of rotatable bonds is 3. The molecule has 1 aliphatic heterocycles. The van der Waals surface area contributed by atoms with Gasteiger partial charge in [-0.15, -0.1) is 0 Å². The molecule has 5 nitrogen and oxygen atoms in total. The van der Waals surface area contributed by atoms with Crippen molar-refractivity contribution in [1.29, 1.82) is 0 Å². The number of aromatic nitrogens is 1. The summed E-state index contributed by atoms with van der Waals surface area (Å²) in [4.78, 5) is 31.0. The van der Waals surface area contributed by atoms with Gasteiger partial charge in [0.2, 0.25) is 11.8 Å². The SMILES string of the molecule is Cc1ccc2c(NC(=O)C3CC(=O)N(c4ccc(F)cc4)C3)cccc2n1. The van der Waals surface area contributed by atoms with Crippen LogP contribution in [0.15, 0.2) is 54.6 Å². The highest BCUT2D eigenvalue weighted by atomic mass is 19.1. The molecular formula is C21H18FN3O2. The third-order valence-electron chi connectivity index (χ3n) is 4.76. The topological polar surface area (TPSA) is 62.3 Å². The number of anilines is 2. The maximum atomic E-state index is 13.1. The zero-order valence-electron chi connectivity index (χ0n) is 14.8. The van der Waals surface area contributed by atoms with Crippen molar-refractivity contribution in [2.24, 2.45) is 5.92 Å².